The SMILES string of the molecule is CN(C(C)(C)C)S(=O)(=O)CCl. The van der Waals surface area contributed by atoms with Crippen molar-refractivity contribution in [3.05, 3.63) is 0 Å². The zero-order valence-electron chi connectivity index (χ0n) is 7.26. The maximum absolute atomic E-state index is 11.1. The van der Waals surface area contributed by atoms with Crippen LogP contribution in [0.4, 0.5) is 0 Å². The van der Waals surface area contributed by atoms with Crippen LogP contribution in [0.2, 0.25) is 0 Å². The molecule has 0 rings (SSSR count). The summed E-state index contributed by atoms with van der Waals surface area (Å²) in [6.07, 6.45) is 0. The minimum Gasteiger partial charge on any atom is -0.211 e. The summed E-state index contributed by atoms with van der Waals surface area (Å²) in [6, 6.07) is 0. The topological polar surface area (TPSA) is 37.4 Å². The van der Waals surface area contributed by atoms with Gasteiger partial charge in [-0.2, -0.15) is 4.31 Å². The third-order valence-electron chi connectivity index (χ3n) is 1.50. The Morgan fingerprint density at radius 2 is 1.73 bits per heavy atom. The summed E-state index contributed by atoms with van der Waals surface area (Å²) in [5.41, 5.74) is -0.395. The van der Waals surface area contributed by atoms with Crippen molar-refractivity contribution in [1.82, 2.24) is 4.31 Å². The summed E-state index contributed by atoms with van der Waals surface area (Å²) < 4.78 is 23.6. The normalized spacial score (nSPS) is 14.0. The molecule has 0 radical (unpaired) electrons. The Kier molecular flexibility index (Phi) is 3.35. The van der Waals surface area contributed by atoms with Gasteiger partial charge in [-0.25, -0.2) is 8.42 Å². The van der Waals surface area contributed by atoms with Gasteiger partial charge in [0.15, 0.2) is 0 Å². The van der Waals surface area contributed by atoms with Crippen LogP contribution in [0.3, 0.4) is 0 Å². The summed E-state index contributed by atoms with van der Waals surface area (Å²) in [5.74, 6) is 0. The van der Waals surface area contributed by atoms with Gasteiger partial charge in [0.2, 0.25) is 10.0 Å². The van der Waals surface area contributed by atoms with E-state index < -0.39 is 15.6 Å². The van der Waals surface area contributed by atoms with Gasteiger partial charge in [-0.05, 0) is 20.8 Å². The minimum atomic E-state index is -3.26. The molecule has 0 aliphatic heterocycles. The molecule has 0 aromatic carbocycles. The molecule has 0 saturated carbocycles. The molecule has 0 N–H and O–H groups in total. The second-order valence-electron chi connectivity index (χ2n) is 3.36. The maximum Gasteiger partial charge on any atom is 0.228 e. The fourth-order valence-electron chi connectivity index (χ4n) is 0.490. The van der Waals surface area contributed by atoms with Crippen molar-refractivity contribution in [2.24, 2.45) is 0 Å². The summed E-state index contributed by atoms with van der Waals surface area (Å²) in [7, 11) is -1.73. The van der Waals surface area contributed by atoms with Gasteiger partial charge in [-0.3, -0.25) is 0 Å². The van der Waals surface area contributed by atoms with Crippen LogP contribution in [0.5, 0.6) is 0 Å². The van der Waals surface area contributed by atoms with Gasteiger partial charge in [0.05, 0.1) is 0 Å². The minimum absolute atomic E-state index is 0.360. The van der Waals surface area contributed by atoms with Gasteiger partial charge < -0.3 is 0 Å². The summed E-state index contributed by atoms with van der Waals surface area (Å²) in [6.45, 7) is 5.45. The Morgan fingerprint density at radius 1 is 1.36 bits per heavy atom. The zero-order chi connectivity index (χ0) is 9.28. The second kappa shape index (κ2) is 3.29. The van der Waals surface area contributed by atoms with Crippen molar-refractivity contribution in [2.45, 2.75) is 26.3 Å². The van der Waals surface area contributed by atoms with E-state index in [9.17, 15) is 8.42 Å². The molecular weight excluding hydrogens is 186 g/mol. The molecule has 0 unspecified atom stereocenters. The third-order valence-corrected chi connectivity index (χ3v) is 3.99. The van der Waals surface area contributed by atoms with Crippen molar-refractivity contribution in [3.8, 4) is 0 Å². The van der Waals surface area contributed by atoms with Crippen LogP contribution in [-0.4, -0.2) is 30.5 Å². The molecule has 68 valence electrons. The second-order valence-corrected chi connectivity index (χ2v) is 5.94. The van der Waals surface area contributed by atoms with Crippen molar-refractivity contribution in [1.29, 1.82) is 0 Å². The molecule has 0 aromatic heterocycles. The van der Waals surface area contributed by atoms with Crippen LogP contribution in [0.15, 0.2) is 0 Å². The number of sulfonamides is 1. The average Bonchev–Trinajstić information content (AvgIpc) is 1.84. The Bertz CT molecular complexity index is 217. The highest BCUT2D eigenvalue weighted by Gasteiger charge is 2.27. The molecule has 0 saturated heterocycles. The number of rotatable bonds is 2. The van der Waals surface area contributed by atoms with Gasteiger partial charge in [0.25, 0.3) is 0 Å². The van der Waals surface area contributed by atoms with E-state index in [4.69, 9.17) is 11.6 Å². The van der Waals surface area contributed by atoms with Gasteiger partial charge in [-0.15, -0.1) is 11.6 Å². The van der Waals surface area contributed by atoms with E-state index in [0.717, 1.165) is 0 Å². The molecule has 0 amide bonds. The third kappa shape index (κ3) is 2.97. The van der Waals surface area contributed by atoms with E-state index in [2.05, 4.69) is 0 Å². The fraction of sp³-hybridized carbons (Fsp3) is 1.00. The van der Waals surface area contributed by atoms with E-state index in [1.807, 2.05) is 20.8 Å². The standard InChI is InChI=1S/C6H14ClNO2S/c1-6(2,3)8(4)11(9,10)5-7/h5H2,1-4H3. The average molecular weight is 200 g/mol. The molecule has 0 aliphatic rings. The van der Waals surface area contributed by atoms with Crippen molar-refractivity contribution in [2.75, 3.05) is 12.3 Å². The smallest absolute Gasteiger partial charge is 0.211 e. The van der Waals surface area contributed by atoms with Gasteiger partial charge in [0.1, 0.15) is 5.21 Å². The Labute approximate surface area is 73.4 Å². The largest absolute Gasteiger partial charge is 0.228 e. The number of alkyl halides is 1. The molecule has 0 fully saturated rings. The van der Waals surface area contributed by atoms with Crippen LogP contribution in [0.25, 0.3) is 0 Å². The van der Waals surface area contributed by atoms with Crippen LogP contribution in [-0.2, 0) is 10.0 Å². The molecule has 0 heterocycles. The van der Waals surface area contributed by atoms with Crippen molar-refractivity contribution < 1.29 is 8.42 Å². The van der Waals surface area contributed by atoms with Crippen molar-refractivity contribution in [3.63, 3.8) is 0 Å². The lowest BCUT2D eigenvalue weighted by Crippen LogP contribution is -2.42. The first-order chi connectivity index (χ1) is 4.72. The van der Waals surface area contributed by atoms with Crippen molar-refractivity contribution >= 4 is 21.6 Å². The first-order valence-corrected chi connectivity index (χ1v) is 5.39. The lowest BCUT2D eigenvalue weighted by atomic mass is 10.1. The Balaban J connectivity index is 4.64. The highest BCUT2D eigenvalue weighted by atomic mass is 35.5. The van der Waals surface area contributed by atoms with Gasteiger partial charge in [-0.1, -0.05) is 0 Å². The molecular formula is C6H14ClNO2S. The molecule has 11 heavy (non-hydrogen) atoms. The molecule has 0 aromatic rings. The van der Waals surface area contributed by atoms with Crippen LogP contribution in [0, 0.1) is 0 Å². The quantitative estimate of drug-likeness (QED) is 0.628. The van der Waals surface area contributed by atoms with Crippen LogP contribution >= 0.6 is 11.6 Å². The summed E-state index contributed by atoms with van der Waals surface area (Å²) in [4.78, 5) is 0. The van der Waals surface area contributed by atoms with Gasteiger partial charge >= 0.3 is 0 Å². The first-order valence-electron chi connectivity index (χ1n) is 3.24. The molecule has 5 heteroatoms. The molecule has 0 aliphatic carbocycles. The Hall–Kier alpha value is 0.200. The number of hydrogen-bond donors (Lipinski definition) is 0. The van der Waals surface area contributed by atoms with E-state index in [1.54, 1.807) is 0 Å². The number of nitrogens with zero attached hydrogens (tertiary/aromatic N) is 1. The van der Waals surface area contributed by atoms with Gasteiger partial charge in [0, 0.05) is 12.6 Å². The molecule has 0 bridgehead atoms. The molecule has 0 atom stereocenters. The predicted molar refractivity (Wildman–Crippen MR) is 47.2 cm³/mol. The Morgan fingerprint density at radius 3 is 1.82 bits per heavy atom. The lowest BCUT2D eigenvalue weighted by molar-refractivity contribution is 0.293. The lowest BCUT2D eigenvalue weighted by Gasteiger charge is -2.29. The van der Waals surface area contributed by atoms with Crippen LogP contribution < -0.4 is 0 Å². The fourth-order valence-corrected chi connectivity index (χ4v) is 1.91. The number of halogens is 1. The van der Waals surface area contributed by atoms with E-state index in [0.29, 0.717) is 0 Å². The first kappa shape index (κ1) is 11.2. The summed E-state index contributed by atoms with van der Waals surface area (Å²) in [5, 5.41) is -0.360. The maximum atomic E-state index is 11.1. The van der Waals surface area contributed by atoms with E-state index in [1.165, 1.54) is 11.4 Å². The van der Waals surface area contributed by atoms with Crippen LogP contribution in [0.1, 0.15) is 20.8 Å². The summed E-state index contributed by atoms with van der Waals surface area (Å²) >= 11 is 5.26. The highest BCUT2D eigenvalue weighted by Crippen LogP contribution is 2.15. The predicted octanol–water partition coefficient (Wildman–Crippen LogP) is 1.24. The van der Waals surface area contributed by atoms with E-state index >= 15 is 0 Å². The highest BCUT2D eigenvalue weighted by molar-refractivity contribution is 7.90. The number of hydrogen-bond acceptors (Lipinski definition) is 2. The zero-order valence-corrected chi connectivity index (χ0v) is 8.83. The van der Waals surface area contributed by atoms with E-state index in [-0.39, 0.29) is 5.21 Å². The monoisotopic (exact) mass is 199 g/mol. The molecule has 0 spiro atoms. The molecule has 3 nitrogen and oxygen atoms in total.